The van der Waals surface area contributed by atoms with E-state index in [1.165, 1.54) is 0 Å². The van der Waals surface area contributed by atoms with Gasteiger partial charge in [0.25, 0.3) is 0 Å². The van der Waals surface area contributed by atoms with Crippen LogP contribution in [0.2, 0.25) is 5.02 Å². The molecule has 0 saturated carbocycles. The van der Waals surface area contributed by atoms with E-state index in [2.05, 4.69) is 4.84 Å². The van der Waals surface area contributed by atoms with Crippen molar-refractivity contribution in [2.45, 2.75) is 13.3 Å². The summed E-state index contributed by atoms with van der Waals surface area (Å²) in [5.74, 6) is -1.15. The third-order valence-electron chi connectivity index (χ3n) is 2.10. The summed E-state index contributed by atoms with van der Waals surface area (Å²) >= 11 is 3.31. The van der Waals surface area contributed by atoms with Gasteiger partial charge < -0.3 is 9.39 Å². The maximum absolute atomic E-state index is 11.4. The summed E-state index contributed by atoms with van der Waals surface area (Å²) in [4.78, 5) is 17.3. The summed E-state index contributed by atoms with van der Waals surface area (Å²) in [6.45, 7) is 1.63. The van der Waals surface area contributed by atoms with Gasteiger partial charge in [-0.15, -0.1) is 0 Å². The van der Waals surface area contributed by atoms with Crippen molar-refractivity contribution in [2.75, 3.05) is 0 Å². The van der Waals surface area contributed by atoms with E-state index in [1.54, 1.807) is 30.0 Å². The first-order valence-electron chi connectivity index (χ1n) is 4.79. The van der Waals surface area contributed by atoms with Crippen LogP contribution in [0.1, 0.15) is 12.5 Å². The highest BCUT2D eigenvalue weighted by Crippen LogP contribution is 2.19. The maximum atomic E-state index is 11.4. The maximum Gasteiger partial charge on any atom is 0.329 e. The number of carbonyl (C=O) groups is 1. The lowest BCUT2D eigenvalue weighted by molar-refractivity contribution is -0.151. The molecular formula is C10H11ClNO4S-. The Kier molecular flexibility index (Phi) is 5.57. The molecule has 0 radical (unpaired) electrons. The van der Waals surface area contributed by atoms with E-state index >= 15 is 0 Å². The van der Waals surface area contributed by atoms with E-state index in [0.717, 1.165) is 5.56 Å². The molecule has 17 heavy (non-hydrogen) atoms. The van der Waals surface area contributed by atoms with Crippen molar-refractivity contribution >= 4 is 28.8 Å². The lowest BCUT2D eigenvalue weighted by Gasteiger charge is -2.13. The predicted octanol–water partition coefficient (Wildman–Crippen LogP) is 1.36. The first-order valence-corrected chi connectivity index (χ1v) is 6.25. The second-order valence-corrected chi connectivity index (χ2v) is 4.48. The normalized spacial score (nSPS) is 14.1. The minimum atomic E-state index is -2.62. The van der Waals surface area contributed by atoms with E-state index in [9.17, 15) is 13.6 Å². The van der Waals surface area contributed by atoms with Gasteiger partial charge in [0.2, 0.25) is 0 Å². The van der Waals surface area contributed by atoms with Gasteiger partial charge in [0, 0.05) is 5.02 Å². The minimum absolute atomic E-state index is 0.381. The molecule has 1 aromatic carbocycles. The lowest BCUT2D eigenvalue weighted by Crippen LogP contribution is -2.26. The molecule has 1 N–H and O–H groups in total. The highest BCUT2D eigenvalue weighted by molar-refractivity contribution is 7.76. The summed E-state index contributed by atoms with van der Waals surface area (Å²) in [5, 5.41) is 0.563. The molecule has 0 heterocycles. The standard InChI is InChI=1S/C10H12ClNO4S/c1-7(10(13)16-12-17(14)15)6-8-4-2-3-5-9(8)11/h2-5,7,12H,6H2,1H3,(H,14,15)/p-1. The Morgan fingerprint density at radius 2 is 2.24 bits per heavy atom. The Hall–Kier alpha value is -0.950. The van der Waals surface area contributed by atoms with Gasteiger partial charge in [0.05, 0.1) is 17.2 Å². The fraction of sp³-hybridized carbons (Fsp3) is 0.300. The van der Waals surface area contributed by atoms with Crippen LogP contribution in [0, 0.1) is 5.92 Å². The average Bonchev–Trinajstić information content (AvgIpc) is 2.28. The fourth-order valence-corrected chi connectivity index (χ4v) is 1.62. The molecule has 0 aliphatic rings. The van der Waals surface area contributed by atoms with E-state index in [4.69, 9.17) is 11.6 Å². The summed E-state index contributed by atoms with van der Waals surface area (Å²) in [6.07, 6.45) is 0.381. The molecule has 1 rings (SSSR count). The Morgan fingerprint density at radius 1 is 1.59 bits per heavy atom. The minimum Gasteiger partial charge on any atom is -0.758 e. The van der Waals surface area contributed by atoms with Gasteiger partial charge in [-0.25, -0.2) is 0 Å². The van der Waals surface area contributed by atoms with Gasteiger partial charge in [-0.3, -0.25) is 9.00 Å². The molecule has 2 unspecified atom stereocenters. The number of rotatable bonds is 5. The molecule has 0 aliphatic heterocycles. The van der Waals surface area contributed by atoms with Gasteiger partial charge in [-0.2, -0.15) is 0 Å². The fourth-order valence-electron chi connectivity index (χ4n) is 1.25. The van der Waals surface area contributed by atoms with Crippen LogP contribution >= 0.6 is 11.6 Å². The van der Waals surface area contributed by atoms with Crippen molar-refractivity contribution in [3.8, 4) is 0 Å². The van der Waals surface area contributed by atoms with Crippen LogP contribution in [0.4, 0.5) is 0 Å². The Bertz CT molecular complexity index is 427. The zero-order valence-electron chi connectivity index (χ0n) is 9.01. The van der Waals surface area contributed by atoms with Gasteiger partial charge in [-0.05, 0) is 18.1 Å². The number of hydrogen-bond donors (Lipinski definition) is 1. The number of nitrogens with one attached hydrogen (secondary N) is 1. The van der Waals surface area contributed by atoms with Gasteiger partial charge in [-0.1, -0.05) is 41.6 Å². The van der Waals surface area contributed by atoms with Crippen LogP contribution in [-0.4, -0.2) is 14.7 Å². The van der Waals surface area contributed by atoms with Crippen LogP contribution < -0.4 is 4.89 Å². The van der Waals surface area contributed by atoms with E-state index in [1.807, 2.05) is 6.07 Å². The summed E-state index contributed by atoms with van der Waals surface area (Å²) in [7, 11) is 0. The van der Waals surface area contributed by atoms with Crippen molar-refractivity contribution in [1.29, 1.82) is 0 Å². The highest BCUT2D eigenvalue weighted by Gasteiger charge is 2.16. The largest absolute Gasteiger partial charge is 0.758 e. The molecule has 94 valence electrons. The monoisotopic (exact) mass is 276 g/mol. The molecule has 0 amide bonds. The first-order chi connectivity index (χ1) is 8.00. The van der Waals surface area contributed by atoms with Crippen LogP contribution in [0.3, 0.4) is 0 Å². The van der Waals surface area contributed by atoms with Crippen molar-refractivity contribution in [3.63, 3.8) is 0 Å². The number of carbonyl (C=O) groups excluding carboxylic acids is 1. The van der Waals surface area contributed by atoms with Crippen LogP contribution in [0.15, 0.2) is 24.3 Å². The molecule has 0 saturated heterocycles. The Labute approximate surface area is 106 Å². The smallest absolute Gasteiger partial charge is 0.329 e. The van der Waals surface area contributed by atoms with Crippen molar-refractivity contribution < 1.29 is 18.4 Å². The molecule has 0 aliphatic carbocycles. The molecule has 0 aromatic heterocycles. The van der Waals surface area contributed by atoms with E-state index < -0.39 is 23.2 Å². The van der Waals surface area contributed by atoms with Crippen molar-refractivity contribution in [3.05, 3.63) is 34.9 Å². The van der Waals surface area contributed by atoms with Crippen molar-refractivity contribution in [2.24, 2.45) is 5.92 Å². The van der Waals surface area contributed by atoms with E-state index in [-0.39, 0.29) is 0 Å². The zero-order valence-corrected chi connectivity index (χ0v) is 10.6. The Balaban J connectivity index is 2.54. The second-order valence-electron chi connectivity index (χ2n) is 3.44. The molecule has 0 spiro atoms. The van der Waals surface area contributed by atoms with E-state index in [0.29, 0.717) is 11.4 Å². The van der Waals surface area contributed by atoms with Crippen LogP contribution in [0.25, 0.3) is 0 Å². The SMILES string of the molecule is CC(Cc1ccccc1Cl)C(=O)ONS(=O)[O-]. The third kappa shape index (κ3) is 4.82. The number of hydrogen-bond acceptors (Lipinski definition) is 4. The first kappa shape index (κ1) is 14.1. The zero-order chi connectivity index (χ0) is 12.8. The Morgan fingerprint density at radius 3 is 2.82 bits per heavy atom. The quantitative estimate of drug-likeness (QED) is 0.651. The van der Waals surface area contributed by atoms with Gasteiger partial charge in [0.15, 0.2) is 0 Å². The van der Waals surface area contributed by atoms with Crippen molar-refractivity contribution in [1.82, 2.24) is 4.89 Å². The molecule has 2 atom stereocenters. The average molecular weight is 277 g/mol. The summed E-state index contributed by atoms with van der Waals surface area (Å²) in [5.41, 5.74) is 0.807. The molecular weight excluding hydrogens is 266 g/mol. The molecule has 0 fully saturated rings. The third-order valence-corrected chi connectivity index (χ3v) is 2.68. The predicted molar refractivity (Wildman–Crippen MR) is 62.5 cm³/mol. The number of benzene rings is 1. The topological polar surface area (TPSA) is 78.5 Å². The van der Waals surface area contributed by atoms with Gasteiger partial charge in [0.1, 0.15) is 0 Å². The van der Waals surface area contributed by atoms with Crippen LogP contribution in [0.5, 0.6) is 0 Å². The second kappa shape index (κ2) is 6.70. The molecule has 1 aromatic rings. The summed E-state index contributed by atoms with van der Waals surface area (Å²) in [6, 6.07) is 7.12. The lowest BCUT2D eigenvalue weighted by atomic mass is 10.0. The molecule has 5 nitrogen and oxygen atoms in total. The van der Waals surface area contributed by atoms with Gasteiger partial charge >= 0.3 is 5.97 Å². The number of halogens is 1. The summed E-state index contributed by atoms with van der Waals surface area (Å²) < 4.78 is 20.3. The molecule has 0 bridgehead atoms. The molecule has 7 heteroatoms. The van der Waals surface area contributed by atoms with Crippen LogP contribution in [-0.2, 0) is 27.3 Å². The highest BCUT2D eigenvalue weighted by atomic mass is 35.5.